The van der Waals surface area contributed by atoms with Crippen LogP contribution in [0.15, 0.2) is 18.2 Å². The summed E-state index contributed by atoms with van der Waals surface area (Å²) in [5.41, 5.74) is -0.751. The molecule has 0 heterocycles. The van der Waals surface area contributed by atoms with Crippen LogP contribution in [0.4, 0.5) is 4.39 Å². The van der Waals surface area contributed by atoms with E-state index in [-0.39, 0.29) is 11.3 Å². The van der Waals surface area contributed by atoms with E-state index < -0.39 is 11.4 Å². The van der Waals surface area contributed by atoms with Gasteiger partial charge in [-0.05, 0) is 50.8 Å². The third-order valence-corrected chi connectivity index (χ3v) is 3.66. The minimum Gasteiger partial charge on any atom is -0.367 e. The third-order valence-electron chi connectivity index (χ3n) is 3.42. The van der Waals surface area contributed by atoms with Crippen molar-refractivity contribution in [3.8, 4) is 0 Å². The lowest BCUT2D eigenvalue weighted by Crippen LogP contribution is -2.39. The number of halogens is 2. The molecule has 0 N–H and O–H groups in total. The van der Waals surface area contributed by atoms with E-state index >= 15 is 0 Å². The van der Waals surface area contributed by atoms with Crippen molar-refractivity contribution in [2.45, 2.75) is 38.2 Å². The molecule has 0 aliphatic heterocycles. The van der Waals surface area contributed by atoms with E-state index in [4.69, 9.17) is 16.3 Å². The number of Topliss-reactive ketones (excluding diaryl/α,β-unsaturated/α-hetero) is 1. The zero-order valence-electron chi connectivity index (χ0n) is 10.3. The second-order valence-corrected chi connectivity index (χ2v) is 5.02. The van der Waals surface area contributed by atoms with Gasteiger partial charge in [0.1, 0.15) is 11.4 Å². The van der Waals surface area contributed by atoms with Crippen LogP contribution in [0.3, 0.4) is 0 Å². The second kappa shape index (κ2) is 5.37. The Bertz CT molecular complexity index is 453. The molecule has 2 rings (SSSR count). The summed E-state index contributed by atoms with van der Waals surface area (Å²) in [7, 11) is 0. The van der Waals surface area contributed by atoms with E-state index in [1.807, 2.05) is 6.92 Å². The molecule has 0 aromatic heterocycles. The van der Waals surface area contributed by atoms with Gasteiger partial charge in [0.2, 0.25) is 0 Å². The molecule has 1 aromatic carbocycles. The maximum atomic E-state index is 13.8. The minimum atomic E-state index is -0.830. The summed E-state index contributed by atoms with van der Waals surface area (Å²) in [4.78, 5) is 12.5. The number of hydrogen-bond donors (Lipinski definition) is 0. The first-order valence-corrected chi connectivity index (χ1v) is 6.61. The predicted octanol–water partition coefficient (Wildman–Crippen LogP) is 4.01. The molecule has 1 saturated carbocycles. The quantitative estimate of drug-likeness (QED) is 0.773. The largest absolute Gasteiger partial charge is 0.367 e. The number of hydrogen-bond acceptors (Lipinski definition) is 2. The Morgan fingerprint density at radius 1 is 1.44 bits per heavy atom. The van der Waals surface area contributed by atoms with Gasteiger partial charge in [0.05, 0.1) is 5.56 Å². The van der Waals surface area contributed by atoms with Crippen molar-refractivity contribution in [3.05, 3.63) is 34.6 Å². The van der Waals surface area contributed by atoms with Gasteiger partial charge < -0.3 is 4.74 Å². The molecular formula is C14H16ClFO2. The van der Waals surface area contributed by atoms with Gasteiger partial charge in [0.15, 0.2) is 5.78 Å². The summed E-state index contributed by atoms with van der Waals surface area (Å²) in [5, 5.41) is 0.293. The first-order chi connectivity index (χ1) is 8.59. The first kappa shape index (κ1) is 13.5. The standard InChI is InChI=1S/C14H16ClFO2/c1-2-18-14(7-3-4-8-14)13(17)11-6-5-10(15)9-12(11)16/h5-6,9H,2-4,7-8H2,1H3. The summed E-state index contributed by atoms with van der Waals surface area (Å²) in [6, 6.07) is 4.15. The maximum Gasteiger partial charge on any atom is 0.197 e. The molecule has 1 fully saturated rings. The highest BCUT2D eigenvalue weighted by atomic mass is 35.5. The molecule has 1 aromatic rings. The molecule has 2 nitrogen and oxygen atoms in total. The SMILES string of the molecule is CCOC1(C(=O)c2ccc(Cl)cc2F)CCCC1. The molecule has 0 spiro atoms. The molecule has 98 valence electrons. The minimum absolute atomic E-state index is 0.0785. The molecule has 0 atom stereocenters. The topological polar surface area (TPSA) is 26.3 Å². The lowest BCUT2D eigenvalue weighted by molar-refractivity contribution is -0.0166. The first-order valence-electron chi connectivity index (χ1n) is 6.23. The number of benzene rings is 1. The second-order valence-electron chi connectivity index (χ2n) is 4.59. The van der Waals surface area contributed by atoms with Crippen molar-refractivity contribution in [1.82, 2.24) is 0 Å². The van der Waals surface area contributed by atoms with E-state index in [0.717, 1.165) is 12.8 Å². The average molecular weight is 271 g/mol. The van der Waals surface area contributed by atoms with Crippen LogP contribution in [-0.2, 0) is 4.74 Å². The van der Waals surface area contributed by atoms with Crippen LogP contribution in [0.1, 0.15) is 43.0 Å². The highest BCUT2D eigenvalue weighted by Gasteiger charge is 2.43. The van der Waals surface area contributed by atoms with Crippen molar-refractivity contribution >= 4 is 17.4 Å². The summed E-state index contributed by atoms with van der Waals surface area (Å²) >= 11 is 5.69. The van der Waals surface area contributed by atoms with Crippen molar-refractivity contribution in [1.29, 1.82) is 0 Å². The Balaban J connectivity index is 2.34. The highest BCUT2D eigenvalue weighted by molar-refractivity contribution is 6.30. The molecule has 1 aliphatic rings. The zero-order chi connectivity index (χ0) is 13.2. The van der Waals surface area contributed by atoms with Gasteiger partial charge in [0, 0.05) is 11.6 Å². The smallest absolute Gasteiger partial charge is 0.197 e. The fourth-order valence-corrected chi connectivity index (χ4v) is 2.74. The average Bonchev–Trinajstić information content (AvgIpc) is 2.78. The Morgan fingerprint density at radius 3 is 2.67 bits per heavy atom. The molecule has 4 heteroatoms. The third kappa shape index (κ3) is 2.43. The van der Waals surface area contributed by atoms with Gasteiger partial charge >= 0.3 is 0 Å². The van der Waals surface area contributed by atoms with E-state index in [9.17, 15) is 9.18 Å². The zero-order valence-corrected chi connectivity index (χ0v) is 11.1. The summed E-state index contributed by atoms with van der Waals surface area (Å²) < 4.78 is 19.4. The maximum absolute atomic E-state index is 13.8. The van der Waals surface area contributed by atoms with Gasteiger partial charge in [-0.2, -0.15) is 0 Å². The normalized spacial score (nSPS) is 17.9. The fraction of sp³-hybridized carbons (Fsp3) is 0.500. The lowest BCUT2D eigenvalue weighted by Gasteiger charge is -2.27. The van der Waals surface area contributed by atoms with Gasteiger partial charge in [-0.25, -0.2) is 4.39 Å². The number of carbonyl (C=O) groups is 1. The van der Waals surface area contributed by atoms with Crippen LogP contribution in [0.5, 0.6) is 0 Å². The van der Waals surface area contributed by atoms with E-state index in [2.05, 4.69) is 0 Å². The summed E-state index contributed by atoms with van der Waals surface area (Å²) in [6.07, 6.45) is 3.23. The molecule has 0 amide bonds. The molecule has 1 aliphatic carbocycles. The van der Waals surface area contributed by atoms with Crippen LogP contribution in [0.25, 0.3) is 0 Å². The van der Waals surface area contributed by atoms with Gasteiger partial charge in [0.25, 0.3) is 0 Å². The fourth-order valence-electron chi connectivity index (χ4n) is 2.58. The van der Waals surface area contributed by atoms with Crippen LogP contribution in [0.2, 0.25) is 5.02 Å². The summed E-state index contributed by atoms with van der Waals surface area (Å²) in [5.74, 6) is -0.825. The van der Waals surface area contributed by atoms with Gasteiger partial charge in [-0.1, -0.05) is 11.6 Å². The number of ketones is 1. The van der Waals surface area contributed by atoms with E-state index in [0.29, 0.717) is 24.5 Å². The lowest BCUT2D eigenvalue weighted by atomic mass is 9.90. The molecular weight excluding hydrogens is 255 g/mol. The Hall–Kier alpha value is -0.930. The van der Waals surface area contributed by atoms with E-state index in [1.165, 1.54) is 18.2 Å². The number of ether oxygens (including phenoxy) is 1. The Labute approximate surface area is 111 Å². The molecule has 18 heavy (non-hydrogen) atoms. The van der Waals surface area contributed by atoms with Crippen LogP contribution in [-0.4, -0.2) is 18.0 Å². The van der Waals surface area contributed by atoms with Crippen LogP contribution >= 0.6 is 11.6 Å². The van der Waals surface area contributed by atoms with Gasteiger partial charge in [-0.15, -0.1) is 0 Å². The van der Waals surface area contributed by atoms with Crippen molar-refractivity contribution in [2.24, 2.45) is 0 Å². The van der Waals surface area contributed by atoms with Crippen molar-refractivity contribution in [3.63, 3.8) is 0 Å². The van der Waals surface area contributed by atoms with Crippen molar-refractivity contribution < 1.29 is 13.9 Å². The predicted molar refractivity (Wildman–Crippen MR) is 68.6 cm³/mol. The van der Waals surface area contributed by atoms with Crippen molar-refractivity contribution in [2.75, 3.05) is 6.61 Å². The van der Waals surface area contributed by atoms with E-state index in [1.54, 1.807) is 0 Å². The van der Waals surface area contributed by atoms with Gasteiger partial charge in [-0.3, -0.25) is 4.79 Å². The molecule has 0 unspecified atom stereocenters. The number of rotatable bonds is 4. The molecule has 0 saturated heterocycles. The van der Waals surface area contributed by atoms with Crippen LogP contribution in [0, 0.1) is 5.82 Å². The Morgan fingerprint density at radius 2 is 2.11 bits per heavy atom. The Kier molecular flexibility index (Phi) is 4.03. The summed E-state index contributed by atoms with van der Waals surface area (Å²) in [6.45, 7) is 2.31. The molecule has 0 bridgehead atoms. The number of carbonyl (C=O) groups excluding carboxylic acids is 1. The monoisotopic (exact) mass is 270 g/mol. The highest BCUT2D eigenvalue weighted by Crippen LogP contribution is 2.36. The van der Waals surface area contributed by atoms with Crippen LogP contribution < -0.4 is 0 Å². The molecule has 0 radical (unpaired) electrons.